The van der Waals surface area contributed by atoms with Crippen LogP contribution in [0.15, 0.2) is 59.8 Å². The van der Waals surface area contributed by atoms with E-state index in [1.54, 1.807) is 12.5 Å². The van der Waals surface area contributed by atoms with Crippen molar-refractivity contribution in [2.75, 3.05) is 0 Å². The van der Waals surface area contributed by atoms with Crippen molar-refractivity contribution in [3.63, 3.8) is 0 Å². The van der Waals surface area contributed by atoms with Crippen LogP contribution in [-0.2, 0) is 6.54 Å². The van der Waals surface area contributed by atoms with Gasteiger partial charge in [0.15, 0.2) is 5.76 Å². The summed E-state index contributed by atoms with van der Waals surface area (Å²) < 4.78 is 7.28. The summed E-state index contributed by atoms with van der Waals surface area (Å²) >= 11 is 0. The van der Waals surface area contributed by atoms with Gasteiger partial charge in [0.2, 0.25) is 0 Å². The quantitative estimate of drug-likeness (QED) is 0.774. The van der Waals surface area contributed by atoms with E-state index in [2.05, 4.69) is 36.2 Å². The molecule has 1 amide bonds. The van der Waals surface area contributed by atoms with E-state index in [4.69, 9.17) is 4.52 Å². The monoisotopic (exact) mass is 338 g/mol. The number of rotatable bonds is 5. The van der Waals surface area contributed by atoms with E-state index < -0.39 is 0 Å². The van der Waals surface area contributed by atoms with Crippen LogP contribution in [0, 0.1) is 5.41 Å². The van der Waals surface area contributed by atoms with Gasteiger partial charge in [-0.3, -0.25) is 4.79 Å². The first-order chi connectivity index (χ1) is 11.9. The molecule has 3 rings (SSSR count). The van der Waals surface area contributed by atoms with E-state index in [-0.39, 0.29) is 17.4 Å². The lowest BCUT2D eigenvalue weighted by Gasteiger charge is -2.31. The van der Waals surface area contributed by atoms with Crippen molar-refractivity contribution in [2.24, 2.45) is 5.41 Å². The molecule has 2 aromatic heterocycles. The van der Waals surface area contributed by atoms with Crippen molar-refractivity contribution in [1.82, 2.24) is 20.0 Å². The van der Waals surface area contributed by atoms with Crippen LogP contribution in [0.25, 0.3) is 11.3 Å². The molecule has 0 aliphatic rings. The predicted octanol–water partition coefficient (Wildman–Crippen LogP) is 3.38. The van der Waals surface area contributed by atoms with Crippen molar-refractivity contribution in [2.45, 2.75) is 33.4 Å². The first-order valence-electron chi connectivity index (χ1n) is 8.22. The normalized spacial score (nSPS) is 12.8. The minimum absolute atomic E-state index is 0.0762. The largest absolute Gasteiger partial charge is 0.355 e. The average molecular weight is 338 g/mol. The highest BCUT2D eigenvalue weighted by atomic mass is 16.5. The molecule has 1 N–H and O–H groups in total. The molecule has 0 fully saturated rings. The molecule has 2 heterocycles. The molecule has 25 heavy (non-hydrogen) atoms. The maximum Gasteiger partial charge on any atom is 0.257 e. The lowest BCUT2D eigenvalue weighted by Crippen LogP contribution is -2.46. The van der Waals surface area contributed by atoms with Crippen LogP contribution in [0.1, 0.15) is 31.1 Å². The van der Waals surface area contributed by atoms with Crippen LogP contribution in [0.2, 0.25) is 0 Å². The second-order valence-electron chi connectivity index (χ2n) is 7.09. The standard InChI is InChI=1S/C19H22N4O2/c1-19(2,3)16(12-23-10-9-20-13-23)22-18(24)15-11-21-25-17(15)14-7-5-4-6-8-14/h4-11,13,16H,12H2,1-3H3,(H,22,24)/t16-/m1/s1. The molecule has 0 saturated carbocycles. The fourth-order valence-corrected chi connectivity index (χ4v) is 2.58. The number of carbonyl (C=O) groups excluding carboxylic acids is 1. The maximum atomic E-state index is 12.8. The Hall–Kier alpha value is -2.89. The Morgan fingerprint density at radius 1 is 1.28 bits per heavy atom. The average Bonchev–Trinajstić information content (AvgIpc) is 3.25. The molecule has 0 aliphatic heterocycles. The van der Waals surface area contributed by atoms with Crippen molar-refractivity contribution >= 4 is 5.91 Å². The van der Waals surface area contributed by atoms with E-state index in [9.17, 15) is 4.79 Å². The zero-order valence-corrected chi connectivity index (χ0v) is 14.6. The number of nitrogens with one attached hydrogen (secondary N) is 1. The summed E-state index contributed by atoms with van der Waals surface area (Å²) in [6.07, 6.45) is 6.84. The van der Waals surface area contributed by atoms with Gasteiger partial charge in [-0.15, -0.1) is 0 Å². The van der Waals surface area contributed by atoms with E-state index >= 15 is 0 Å². The Morgan fingerprint density at radius 3 is 2.68 bits per heavy atom. The molecule has 130 valence electrons. The third-order valence-corrected chi connectivity index (χ3v) is 4.15. The smallest absolute Gasteiger partial charge is 0.257 e. The van der Waals surface area contributed by atoms with Crippen LogP contribution < -0.4 is 5.32 Å². The topological polar surface area (TPSA) is 73.0 Å². The van der Waals surface area contributed by atoms with Crippen LogP contribution in [0.4, 0.5) is 0 Å². The van der Waals surface area contributed by atoms with Gasteiger partial charge in [-0.25, -0.2) is 4.98 Å². The van der Waals surface area contributed by atoms with Gasteiger partial charge in [0.05, 0.1) is 18.6 Å². The molecule has 0 spiro atoms. The van der Waals surface area contributed by atoms with Gasteiger partial charge < -0.3 is 14.4 Å². The summed E-state index contributed by atoms with van der Waals surface area (Å²) in [5, 5.41) is 6.93. The highest BCUT2D eigenvalue weighted by molar-refractivity contribution is 5.99. The van der Waals surface area contributed by atoms with Crippen LogP contribution >= 0.6 is 0 Å². The van der Waals surface area contributed by atoms with Crippen molar-refractivity contribution < 1.29 is 9.32 Å². The summed E-state index contributed by atoms with van der Waals surface area (Å²) in [6.45, 7) is 6.93. The number of hydrogen-bond acceptors (Lipinski definition) is 4. The third-order valence-electron chi connectivity index (χ3n) is 4.15. The highest BCUT2D eigenvalue weighted by Crippen LogP contribution is 2.25. The SMILES string of the molecule is CC(C)(C)[C@@H](Cn1ccnc1)NC(=O)c1cnoc1-c1ccccc1. The Labute approximate surface area is 146 Å². The second-order valence-corrected chi connectivity index (χ2v) is 7.09. The summed E-state index contributed by atoms with van der Waals surface area (Å²) in [5.74, 6) is 0.286. The first-order valence-corrected chi connectivity index (χ1v) is 8.22. The van der Waals surface area contributed by atoms with Gasteiger partial charge in [0, 0.05) is 24.5 Å². The molecule has 0 unspecified atom stereocenters. The molecular weight excluding hydrogens is 316 g/mol. The van der Waals surface area contributed by atoms with Gasteiger partial charge in [-0.05, 0) is 5.41 Å². The summed E-state index contributed by atoms with van der Waals surface area (Å²) in [6, 6.07) is 9.43. The number of imidazole rings is 1. The Bertz CT molecular complexity index is 817. The van der Waals surface area contributed by atoms with Gasteiger partial charge in [0.1, 0.15) is 5.56 Å². The number of benzene rings is 1. The van der Waals surface area contributed by atoms with Crippen LogP contribution in [0.3, 0.4) is 0 Å². The highest BCUT2D eigenvalue weighted by Gasteiger charge is 2.28. The van der Waals surface area contributed by atoms with Gasteiger partial charge >= 0.3 is 0 Å². The van der Waals surface area contributed by atoms with Crippen LogP contribution in [-0.4, -0.2) is 26.7 Å². The van der Waals surface area contributed by atoms with E-state index in [0.29, 0.717) is 17.9 Å². The summed E-state index contributed by atoms with van der Waals surface area (Å²) in [4.78, 5) is 16.9. The number of carbonyl (C=O) groups is 1. The van der Waals surface area contributed by atoms with E-state index in [1.165, 1.54) is 6.20 Å². The second kappa shape index (κ2) is 6.93. The van der Waals surface area contributed by atoms with Gasteiger partial charge in [0.25, 0.3) is 5.91 Å². The lowest BCUT2D eigenvalue weighted by atomic mass is 9.86. The van der Waals surface area contributed by atoms with E-state index in [0.717, 1.165) is 5.56 Å². The van der Waals surface area contributed by atoms with Crippen molar-refractivity contribution in [1.29, 1.82) is 0 Å². The molecule has 0 saturated heterocycles. The fourth-order valence-electron chi connectivity index (χ4n) is 2.58. The molecule has 1 atom stereocenters. The molecule has 3 aromatic rings. The maximum absolute atomic E-state index is 12.8. The van der Waals surface area contributed by atoms with Crippen molar-refractivity contribution in [3.05, 3.63) is 60.8 Å². The zero-order chi connectivity index (χ0) is 17.9. The Kier molecular flexibility index (Phi) is 4.70. The number of aromatic nitrogens is 3. The molecule has 0 bridgehead atoms. The summed E-state index contributed by atoms with van der Waals surface area (Å²) in [5.41, 5.74) is 1.14. The Balaban J connectivity index is 1.82. The number of amides is 1. The predicted molar refractivity (Wildman–Crippen MR) is 94.9 cm³/mol. The molecule has 6 heteroatoms. The number of hydrogen-bond donors (Lipinski definition) is 1. The first kappa shape index (κ1) is 17.0. The number of nitrogens with zero attached hydrogens (tertiary/aromatic N) is 3. The summed E-state index contributed by atoms with van der Waals surface area (Å²) in [7, 11) is 0. The molecule has 6 nitrogen and oxygen atoms in total. The molecule has 0 aliphatic carbocycles. The van der Waals surface area contributed by atoms with Gasteiger partial charge in [-0.1, -0.05) is 56.3 Å². The van der Waals surface area contributed by atoms with Gasteiger partial charge in [-0.2, -0.15) is 0 Å². The van der Waals surface area contributed by atoms with Crippen LogP contribution in [0.5, 0.6) is 0 Å². The fraction of sp³-hybridized carbons (Fsp3) is 0.316. The van der Waals surface area contributed by atoms with E-state index in [1.807, 2.05) is 41.1 Å². The zero-order valence-electron chi connectivity index (χ0n) is 14.6. The minimum Gasteiger partial charge on any atom is -0.355 e. The molecular formula is C19H22N4O2. The lowest BCUT2D eigenvalue weighted by molar-refractivity contribution is 0.0893. The Morgan fingerprint density at radius 2 is 2.04 bits per heavy atom. The minimum atomic E-state index is -0.194. The third kappa shape index (κ3) is 3.96. The van der Waals surface area contributed by atoms with Crippen molar-refractivity contribution in [3.8, 4) is 11.3 Å². The molecule has 1 aromatic carbocycles. The molecule has 0 radical (unpaired) electrons.